The molecule has 0 saturated heterocycles. The van der Waals surface area contributed by atoms with Crippen molar-refractivity contribution in [3.8, 4) is 0 Å². The second-order valence-corrected chi connectivity index (χ2v) is 7.40. The van der Waals surface area contributed by atoms with Gasteiger partial charge in [0.15, 0.2) is 0 Å². The fraction of sp³-hybridized carbons (Fsp3) is 0.167. The average molecular weight is 367 g/mol. The number of hydrogen-bond acceptors (Lipinski definition) is 3. The molecule has 0 spiro atoms. The highest BCUT2D eigenvalue weighted by molar-refractivity contribution is 6.03. The lowest BCUT2D eigenvalue weighted by atomic mass is 9.80. The zero-order valence-electron chi connectivity index (χ0n) is 15.5. The van der Waals surface area contributed by atoms with Crippen molar-refractivity contribution < 1.29 is 5.21 Å². The van der Waals surface area contributed by atoms with Crippen molar-refractivity contribution in [1.82, 2.24) is 10.2 Å². The van der Waals surface area contributed by atoms with Gasteiger partial charge in [0.05, 0.1) is 11.4 Å². The Bertz CT molecular complexity index is 1160. The van der Waals surface area contributed by atoms with E-state index in [1.54, 1.807) is 0 Å². The standard InChI is InChI=1S/C24H21N3O/c28-27-23-15-19(16-7-2-1-3-8-16)14-22-24(23)21(25-26-22)13-18-11-6-10-17-9-4-5-12-20(17)18/h1-12,19,28H,13-15H2,(H,25,26)/b27-23+. The van der Waals surface area contributed by atoms with Crippen molar-refractivity contribution in [2.75, 3.05) is 0 Å². The number of fused-ring (bicyclic) bond motifs is 2. The average Bonchev–Trinajstić information content (AvgIpc) is 3.17. The van der Waals surface area contributed by atoms with E-state index >= 15 is 0 Å². The Morgan fingerprint density at radius 2 is 1.71 bits per heavy atom. The Morgan fingerprint density at radius 1 is 0.929 bits per heavy atom. The maximum atomic E-state index is 9.73. The molecular weight excluding hydrogens is 346 g/mol. The molecule has 3 aromatic carbocycles. The molecule has 1 heterocycles. The molecule has 0 fully saturated rings. The summed E-state index contributed by atoms with van der Waals surface area (Å²) < 4.78 is 0. The number of H-pyrrole nitrogens is 1. The van der Waals surface area contributed by atoms with Gasteiger partial charge in [-0.25, -0.2) is 0 Å². The summed E-state index contributed by atoms with van der Waals surface area (Å²) >= 11 is 0. The lowest BCUT2D eigenvalue weighted by Crippen LogP contribution is -2.20. The third-order valence-corrected chi connectivity index (χ3v) is 5.72. The Morgan fingerprint density at radius 3 is 2.57 bits per heavy atom. The maximum absolute atomic E-state index is 9.73. The van der Waals surface area contributed by atoms with Crippen LogP contribution < -0.4 is 0 Å². The van der Waals surface area contributed by atoms with Gasteiger partial charge in [-0.05, 0) is 34.2 Å². The summed E-state index contributed by atoms with van der Waals surface area (Å²) in [6, 6.07) is 25.2. The minimum absolute atomic E-state index is 0.297. The first kappa shape index (κ1) is 16.8. The monoisotopic (exact) mass is 367 g/mol. The Labute approximate surface area is 163 Å². The van der Waals surface area contributed by atoms with E-state index in [0.29, 0.717) is 12.3 Å². The second kappa shape index (κ2) is 6.97. The van der Waals surface area contributed by atoms with Crippen LogP contribution in [0, 0.1) is 0 Å². The lowest BCUT2D eigenvalue weighted by molar-refractivity contribution is 0.317. The second-order valence-electron chi connectivity index (χ2n) is 7.40. The maximum Gasteiger partial charge on any atom is 0.0911 e. The van der Waals surface area contributed by atoms with Gasteiger partial charge in [0.1, 0.15) is 0 Å². The van der Waals surface area contributed by atoms with E-state index in [9.17, 15) is 5.21 Å². The molecule has 1 unspecified atom stereocenters. The fourth-order valence-corrected chi connectivity index (χ4v) is 4.37. The zero-order valence-corrected chi connectivity index (χ0v) is 15.5. The summed E-state index contributed by atoms with van der Waals surface area (Å²) in [6.45, 7) is 0. The van der Waals surface area contributed by atoms with Gasteiger partial charge < -0.3 is 5.21 Å². The van der Waals surface area contributed by atoms with Gasteiger partial charge in [-0.1, -0.05) is 78.0 Å². The molecule has 0 amide bonds. The van der Waals surface area contributed by atoms with Crippen molar-refractivity contribution in [2.45, 2.75) is 25.2 Å². The van der Waals surface area contributed by atoms with Crippen LogP contribution in [-0.2, 0) is 12.8 Å². The summed E-state index contributed by atoms with van der Waals surface area (Å²) in [7, 11) is 0. The van der Waals surface area contributed by atoms with Crippen LogP contribution in [0.4, 0.5) is 0 Å². The molecule has 0 radical (unpaired) electrons. The van der Waals surface area contributed by atoms with Crippen LogP contribution in [0.5, 0.6) is 0 Å². The largest absolute Gasteiger partial charge is 0.411 e. The minimum Gasteiger partial charge on any atom is -0.411 e. The molecule has 1 aliphatic rings. The van der Waals surface area contributed by atoms with Gasteiger partial charge >= 0.3 is 0 Å². The molecule has 1 aliphatic carbocycles. The molecule has 1 aromatic heterocycles. The highest BCUT2D eigenvalue weighted by Crippen LogP contribution is 2.34. The normalized spacial score (nSPS) is 17.7. The molecule has 4 aromatic rings. The Kier molecular flexibility index (Phi) is 4.17. The van der Waals surface area contributed by atoms with Crippen LogP contribution in [0.25, 0.3) is 10.8 Å². The summed E-state index contributed by atoms with van der Waals surface area (Å²) in [5.74, 6) is 0.297. The van der Waals surface area contributed by atoms with Crippen LogP contribution >= 0.6 is 0 Å². The van der Waals surface area contributed by atoms with E-state index in [1.165, 1.54) is 21.9 Å². The Hall–Kier alpha value is -3.40. The first-order valence-electron chi connectivity index (χ1n) is 9.62. The summed E-state index contributed by atoms with van der Waals surface area (Å²) in [6.07, 6.45) is 2.30. The van der Waals surface area contributed by atoms with Gasteiger partial charge in [0.2, 0.25) is 0 Å². The number of oxime groups is 1. The molecule has 0 bridgehead atoms. The van der Waals surface area contributed by atoms with Crippen LogP contribution in [0.2, 0.25) is 0 Å². The van der Waals surface area contributed by atoms with Gasteiger partial charge in [-0.2, -0.15) is 5.10 Å². The van der Waals surface area contributed by atoms with Crippen LogP contribution in [0.15, 0.2) is 78.0 Å². The minimum atomic E-state index is 0.297. The molecule has 4 heteroatoms. The topological polar surface area (TPSA) is 61.3 Å². The number of nitrogens with one attached hydrogen (secondary N) is 1. The summed E-state index contributed by atoms with van der Waals surface area (Å²) in [5.41, 5.74) is 6.21. The van der Waals surface area contributed by atoms with Crippen molar-refractivity contribution in [3.63, 3.8) is 0 Å². The number of aromatic amines is 1. The third-order valence-electron chi connectivity index (χ3n) is 5.72. The van der Waals surface area contributed by atoms with Gasteiger partial charge in [0, 0.05) is 24.1 Å². The highest BCUT2D eigenvalue weighted by Gasteiger charge is 2.30. The van der Waals surface area contributed by atoms with E-state index in [-0.39, 0.29) is 0 Å². The van der Waals surface area contributed by atoms with E-state index in [4.69, 9.17) is 0 Å². The number of hydrogen-bond donors (Lipinski definition) is 2. The number of nitrogens with zero attached hydrogens (tertiary/aromatic N) is 2. The molecule has 0 saturated carbocycles. The van der Waals surface area contributed by atoms with Crippen molar-refractivity contribution in [2.24, 2.45) is 5.16 Å². The molecule has 5 rings (SSSR count). The summed E-state index contributed by atoms with van der Waals surface area (Å²) in [4.78, 5) is 0. The number of aromatic nitrogens is 2. The first-order chi connectivity index (χ1) is 13.8. The van der Waals surface area contributed by atoms with Crippen LogP contribution in [-0.4, -0.2) is 21.1 Å². The molecule has 138 valence electrons. The van der Waals surface area contributed by atoms with E-state index in [0.717, 1.165) is 35.5 Å². The SMILES string of the molecule is O/N=C1\CC(c2ccccc2)Cc2[nH]nc(Cc3cccc4ccccc34)c21. The van der Waals surface area contributed by atoms with Gasteiger partial charge in [0.25, 0.3) is 0 Å². The van der Waals surface area contributed by atoms with Gasteiger partial charge in [-0.15, -0.1) is 0 Å². The predicted molar refractivity (Wildman–Crippen MR) is 111 cm³/mol. The smallest absolute Gasteiger partial charge is 0.0911 e. The molecule has 0 aliphatic heterocycles. The molecule has 1 atom stereocenters. The quantitative estimate of drug-likeness (QED) is 0.393. The lowest BCUT2D eigenvalue weighted by Gasteiger charge is -2.23. The van der Waals surface area contributed by atoms with Crippen molar-refractivity contribution >= 4 is 16.5 Å². The van der Waals surface area contributed by atoms with Crippen LogP contribution in [0.3, 0.4) is 0 Å². The highest BCUT2D eigenvalue weighted by atomic mass is 16.4. The Balaban J connectivity index is 1.52. The molecule has 28 heavy (non-hydrogen) atoms. The predicted octanol–water partition coefficient (Wildman–Crippen LogP) is 5.06. The molecule has 4 nitrogen and oxygen atoms in total. The fourth-order valence-electron chi connectivity index (χ4n) is 4.37. The molecule has 2 N–H and O–H groups in total. The van der Waals surface area contributed by atoms with E-state index in [2.05, 4.69) is 82.1 Å². The van der Waals surface area contributed by atoms with E-state index < -0.39 is 0 Å². The van der Waals surface area contributed by atoms with Gasteiger partial charge in [-0.3, -0.25) is 5.10 Å². The van der Waals surface area contributed by atoms with E-state index in [1.807, 2.05) is 6.07 Å². The summed E-state index contributed by atoms with van der Waals surface area (Å²) in [5, 5.41) is 23.7. The first-order valence-corrected chi connectivity index (χ1v) is 9.62. The number of rotatable bonds is 3. The van der Waals surface area contributed by atoms with Crippen molar-refractivity contribution in [1.29, 1.82) is 0 Å². The zero-order chi connectivity index (χ0) is 18.9. The van der Waals surface area contributed by atoms with Crippen molar-refractivity contribution in [3.05, 3.63) is 101 Å². The van der Waals surface area contributed by atoms with Crippen LogP contribution in [0.1, 0.15) is 40.4 Å². The number of benzene rings is 3. The third kappa shape index (κ3) is 2.87. The molecular formula is C24H21N3O.